The molecule has 5 unspecified atom stereocenters. The molecule has 4 rings (SSSR count). The molecule has 1 saturated heterocycles. The van der Waals surface area contributed by atoms with Gasteiger partial charge in [0.2, 0.25) is 0 Å². The minimum Gasteiger partial charge on any atom is -0.667 e. The molecular formula is C29H46Cu2N4O5+. The first kappa shape index (κ1) is 40.6. The monoisotopic (exact) mass is 656 g/mol. The molecule has 1 aliphatic carbocycles. The first-order valence-corrected chi connectivity index (χ1v) is 13.3. The maximum atomic E-state index is 9.83. The minimum absolute atomic E-state index is 0. The third-order valence-electron chi connectivity index (χ3n) is 6.10. The topological polar surface area (TPSA) is 154 Å². The number of aliphatic imine (C=N–C) groups is 2. The predicted octanol–water partition coefficient (Wildman–Crippen LogP) is 4.64. The molecule has 2 aliphatic heterocycles. The fraction of sp³-hybridized carbons (Fsp3) is 0.586. The second-order valence-corrected chi connectivity index (χ2v) is 9.59. The summed E-state index contributed by atoms with van der Waals surface area (Å²) < 4.78 is 0. The average molecular weight is 658 g/mol. The largest absolute Gasteiger partial charge is 2.00 e. The van der Waals surface area contributed by atoms with Gasteiger partial charge in [-0.25, -0.2) is 0 Å². The number of phenolic OH excluding ortho intramolecular Hbond substituents is 1. The van der Waals surface area contributed by atoms with Gasteiger partial charge in [0, 0.05) is 31.0 Å². The van der Waals surface area contributed by atoms with E-state index in [-0.39, 0.29) is 64.2 Å². The molecule has 1 saturated carbocycles. The first-order valence-electron chi connectivity index (χ1n) is 13.3. The van der Waals surface area contributed by atoms with Crippen molar-refractivity contribution in [2.45, 2.75) is 84.0 Å². The molecular weight excluding hydrogens is 611 g/mol. The van der Waals surface area contributed by atoms with Gasteiger partial charge in [-0.05, 0) is 63.5 Å². The number of benzene rings is 1. The Labute approximate surface area is 260 Å². The van der Waals surface area contributed by atoms with Crippen molar-refractivity contribution in [1.82, 2.24) is 0 Å². The Morgan fingerprint density at radius 3 is 2.30 bits per heavy atom. The van der Waals surface area contributed by atoms with E-state index in [0.29, 0.717) is 5.56 Å². The van der Waals surface area contributed by atoms with Crippen molar-refractivity contribution in [1.29, 1.82) is 0 Å². The van der Waals surface area contributed by atoms with E-state index in [4.69, 9.17) is 15.3 Å². The van der Waals surface area contributed by atoms with Crippen LogP contribution in [0.15, 0.2) is 58.2 Å². The Hall–Kier alpha value is -1.52. The van der Waals surface area contributed by atoms with Crippen LogP contribution in [0.5, 0.6) is 5.75 Å². The number of aromatic hydroxyl groups is 1. The molecule has 5 atom stereocenters. The standard InChI is InChI=1S/C13H23N2O.C13H13N2O.C2H6O2.CH4O.2Cu/c2*1-10-6-7-14-13(8-10)15-9-11-4-2-3-5-12(11)16;1-2(3)4;1-2;;/h9-13,16H,2-8H2,1H3;2-9,13H,1H3,(H,15,16);2-4H,1H3;2H,1H3;;/q2*-1;;;+1;+2. The van der Waals surface area contributed by atoms with Crippen molar-refractivity contribution >= 4 is 12.4 Å². The zero-order chi connectivity index (χ0) is 28.3. The molecule has 0 amide bonds. The molecule has 2 fully saturated rings. The van der Waals surface area contributed by atoms with Gasteiger partial charge >= 0.3 is 34.1 Å². The molecule has 5 N–H and O–H groups in total. The molecule has 0 aromatic heterocycles. The summed E-state index contributed by atoms with van der Waals surface area (Å²) in [7, 11) is 1.00. The van der Waals surface area contributed by atoms with Crippen molar-refractivity contribution in [2.75, 3.05) is 13.7 Å². The Bertz CT molecular complexity index is 896. The summed E-state index contributed by atoms with van der Waals surface area (Å²) in [6.07, 6.45) is 14.6. The van der Waals surface area contributed by atoms with Crippen molar-refractivity contribution in [3.8, 4) is 5.75 Å². The Kier molecular flexibility index (Phi) is 24.5. The van der Waals surface area contributed by atoms with Gasteiger partial charge in [-0.3, -0.25) is 0 Å². The number of allylic oxidation sites excluding steroid dienone is 2. The van der Waals surface area contributed by atoms with Gasteiger partial charge in [0.25, 0.3) is 0 Å². The first-order chi connectivity index (χ1) is 18.2. The maximum absolute atomic E-state index is 9.83. The number of aliphatic hydroxyl groups is 4. The number of rotatable bonds is 4. The smallest absolute Gasteiger partial charge is 0.667 e. The number of piperidine rings is 1. The predicted molar refractivity (Wildman–Crippen MR) is 155 cm³/mol. The fourth-order valence-corrected chi connectivity index (χ4v) is 4.05. The quantitative estimate of drug-likeness (QED) is 0.181. The number of hydrogen-bond acceptors (Lipinski definition) is 7. The van der Waals surface area contributed by atoms with E-state index < -0.39 is 6.29 Å². The SMILES string of the molecule is CC(O)O.CC1=CC(/N=C/c2ccccc2O)[N-]C=C1.CC1CC[N-]C(N=CC2CCCCC2O)C1.CO.[Cu+2].[Cu+]. The van der Waals surface area contributed by atoms with E-state index in [2.05, 4.69) is 27.5 Å². The summed E-state index contributed by atoms with van der Waals surface area (Å²) in [5, 5.41) is 50.3. The molecule has 40 heavy (non-hydrogen) atoms. The Morgan fingerprint density at radius 1 is 1.05 bits per heavy atom. The molecule has 1 radical (unpaired) electrons. The number of aliphatic hydroxyl groups excluding tert-OH is 3. The van der Waals surface area contributed by atoms with Gasteiger partial charge in [-0.1, -0.05) is 56.0 Å². The van der Waals surface area contributed by atoms with Crippen molar-refractivity contribution in [3.63, 3.8) is 0 Å². The van der Waals surface area contributed by atoms with Gasteiger partial charge in [-0.15, -0.1) is 6.54 Å². The van der Waals surface area contributed by atoms with Crippen LogP contribution in [0.2, 0.25) is 0 Å². The van der Waals surface area contributed by atoms with E-state index in [9.17, 15) is 10.2 Å². The summed E-state index contributed by atoms with van der Waals surface area (Å²) in [5.74, 6) is 1.26. The summed E-state index contributed by atoms with van der Waals surface area (Å²) in [5.41, 5.74) is 1.85. The van der Waals surface area contributed by atoms with Crippen LogP contribution in [0.1, 0.15) is 64.9 Å². The molecule has 2 heterocycles. The molecule has 0 bridgehead atoms. The van der Waals surface area contributed by atoms with Crippen LogP contribution < -0.4 is 0 Å². The summed E-state index contributed by atoms with van der Waals surface area (Å²) in [6, 6.07) is 7.10. The normalized spacial score (nSPS) is 25.4. The van der Waals surface area contributed by atoms with E-state index in [0.717, 1.165) is 50.8 Å². The van der Waals surface area contributed by atoms with Crippen LogP contribution in [-0.2, 0) is 34.1 Å². The molecule has 9 nitrogen and oxygen atoms in total. The van der Waals surface area contributed by atoms with Crippen LogP contribution in [0, 0.1) is 11.8 Å². The van der Waals surface area contributed by atoms with Gasteiger partial charge in [0.05, 0.1) is 6.10 Å². The third kappa shape index (κ3) is 18.0. The molecule has 233 valence electrons. The molecule has 11 heteroatoms. The number of phenols is 1. The number of para-hydroxylation sites is 1. The van der Waals surface area contributed by atoms with E-state index >= 15 is 0 Å². The van der Waals surface area contributed by atoms with Gasteiger partial charge in [0.15, 0.2) is 0 Å². The van der Waals surface area contributed by atoms with Gasteiger partial charge in [0.1, 0.15) is 12.0 Å². The maximum Gasteiger partial charge on any atom is 2.00 e. The number of nitrogens with zero attached hydrogens (tertiary/aromatic N) is 4. The summed E-state index contributed by atoms with van der Waals surface area (Å²) >= 11 is 0. The zero-order valence-electron chi connectivity index (χ0n) is 23.7. The summed E-state index contributed by atoms with van der Waals surface area (Å²) in [4.78, 5) is 8.84. The van der Waals surface area contributed by atoms with Crippen molar-refractivity contribution < 1.29 is 59.7 Å². The molecule has 1 aromatic rings. The van der Waals surface area contributed by atoms with Crippen molar-refractivity contribution in [2.24, 2.45) is 21.8 Å². The van der Waals surface area contributed by atoms with Crippen LogP contribution in [-0.4, -0.2) is 76.3 Å². The van der Waals surface area contributed by atoms with E-state index in [1.54, 1.807) is 24.5 Å². The van der Waals surface area contributed by atoms with Crippen molar-refractivity contribution in [3.05, 3.63) is 64.4 Å². The molecule has 0 spiro atoms. The minimum atomic E-state index is -1.17. The zero-order valence-corrected chi connectivity index (χ0v) is 25.6. The summed E-state index contributed by atoms with van der Waals surface area (Å²) in [6.45, 7) is 6.51. The van der Waals surface area contributed by atoms with E-state index in [1.807, 2.05) is 37.4 Å². The second kappa shape index (κ2) is 24.1. The molecule has 3 aliphatic rings. The third-order valence-corrected chi connectivity index (χ3v) is 6.10. The second-order valence-electron chi connectivity index (χ2n) is 9.59. The van der Waals surface area contributed by atoms with Gasteiger partial charge in [-0.2, -0.15) is 6.20 Å². The fourth-order valence-electron chi connectivity index (χ4n) is 4.05. The molecule has 1 aromatic carbocycles. The van der Waals surface area contributed by atoms with E-state index in [1.165, 1.54) is 19.8 Å². The Balaban J connectivity index is 0. The Morgan fingerprint density at radius 2 is 1.70 bits per heavy atom. The van der Waals surface area contributed by atoms with Crippen LogP contribution >= 0.6 is 0 Å². The van der Waals surface area contributed by atoms with Gasteiger partial charge < -0.3 is 46.2 Å². The number of hydrogen-bond donors (Lipinski definition) is 5. The average Bonchev–Trinajstić information content (AvgIpc) is 2.89. The van der Waals surface area contributed by atoms with Crippen LogP contribution in [0.4, 0.5) is 0 Å². The van der Waals surface area contributed by atoms with Crippen LogP contribution in [0.3, 0.4) is 0 Å². The van der Waals surface area contributed by atoms with Crippen LogP contribution in [0.25, 0.3) is 10.6 Å².